The third kappa shape index (κ3) is 3.51. The first kappa shape index (κ1) is 17.1. The maximum Gasteiger partial charge on any atom is 0.263 e. The van der Waals surface area contributed by atoms with Crippen molar-refractivity contribution >= 4 is 22.5 Å². The van der Waals surface area contributed by atoms with Gasteiger partial charge < -0.3 is 19.7 Å². The number of rotatable bonds is 4. The molecule has 138 valence electrons. The number of ether oxygens (including phenoxy) is 1. The van der Waals surface area contributed by atoms with E-state index < -0.39 is 6.10 Å². The summed E-state index contributed by atoms with van der Waals surface area (Å²) in [6.07, 6.45) is 6.06. The quantitative estimate of drug-likeness (QED) is 0.745. The Morgan fingerprint density at radius 2 is 2.11 bits per heavy atom. The summed E-state index contributed by atoms with van der Waals surface area (Å²) in [6.45, 7) is 2.95. The van der Waals surface area contributed by atoms with E-state index in [2.05, 4.69) is 16.0 Å². The number of H-pyrrole nitrogens is 1. The van der Waals surface area contributed by atoms with Gasteiger partial charge in [-0.2, -0.15) is 0 Å². The Bertz CT molecular complexity index is 991. The van der Waals surface area contributed by atoms with Crippen molar-refractivity contribution in [2.24, 2.45) is 0 Å². The normalized spacial score (nSPS) is 15.4. The van der Waals surface area contributed by atoms with Crippen molar-refractivity contribution < 1.29 is 14.6 Å². The minimum atomic E-state index is -0.584. The number of carbonyl (C=O) groups excluding carboxylic acids is 1. The summed E-state index contributed by atoms with van der Waals surface area (Å²) < 4.78 is 5.70. The van der Waals surface area contributed by atoms with Crippen LogP contribution < -0.4 is 4.74 Å². The average molecular weight is 363 g/mol. The van der Waals surface area contributed by atoms with Crippen LogP contribution in [0, 0.1) is 0 Å². The Labute approximate surface area is 157 Å². The van der Waals surface area contributed by atoms with Crippen LogP contribution >= 0.6 is 0 Å². The summed E-state index contributed by atoms with van der Waals surface area (Å²) in [7, 11) is 0. The number of nitrogens with zero attached hydrogens (tertiary/aromatic N) is 2. The predicted molar refractivity (Wildman–Crippen MR) is 103 cm³/mol. The molecule has 1 amide bonds. The number of phenols is 1. The summed E-state index contributed by atoms with van der Waals surface area (Å²) in [6, 6.07) is 10.3. The van der Waals surface area contributed by atoms with Gasteiger partial charge in [-0.15, -0.1) is 0 Å². The van der Waals surface area contributed by atoms with Gasteiger partial charge in [0.1, 0.15) is 11.5 Å². The van der Waals surface area contributed by atoms with Crippen LogP contribution in [0.3, 0.4) is 0 Å². The molecule has 4 rings (SSSR count). The topological polar surface area (TPSA) is 78.5 Å². The van der Waals surface area contributed by atoms with Crippen LogP contribution in [-0.4, -0.2) is 45.1 Å². The SMILES string of the molecule is CC(Oc1ccc(O)cc1)C(=O)N1CC=C(c2c[nH]c3cccnc23)CC1. The van der Waals surface area contributed by atoms with E-state index in [0.717, 1.165) is 23.0 Å². The molecule has 1 unspecified atom stereocenters. The zero-order chi connectivity index (χ0) is 18.8. The Kier molecular flexibility index (Phi) is 4.54. The monoisotopic (exact) mass is 363 g/mol. The second kappa shape index (κ2) is 7.15. The third-order valence-electron chi connectivity index (χ3n) is 4.80. The van der Waals surface area contributed by atoms with E-state index in [4.69, 9.17) is 4.74 Å². The number of pyridine rings is 1. The maximum absolute atomic E-state index is 12.7. The van der Waals surface area contributed by atoms with E-state index in [-0.39, 0.29) is 11.7 Å². The molecule has 6 heteroatoms. The van der Waals surface area contributed by atoms with Gasteiger partial charge in [-0.3, -0.25) is 9.78 Å². The minimum Gasteiger partial charge on any atom is -0.508 e. The fraction of sp³-hybridized carbons (Fsp3) is 0.238. The summed E-state index contributed by atoms with van der Waals surface area (Å²) >= 11 is 0. The van der Waals surface area contributed by atoms with E-state index in [1.807, 2.05) is 18.3 Å². The second-order valence-electron chi connectivity index (χ2n) is 6.62. The molecule has 0 saturated heterocycles. The molecule has 1 atom stereocenters. The second-order valence-corrected chi connectivity index (χ2v) is 6.62. The lowest BCUT2D eigenvalue weighted by molar-refractivity contribution is -0.137. The van der Waals surface area contributed by atoms with Gasteiger partial charge in [0.05, 0.1) is 11.0 Å². The summed E-state index contributed by atoms with van der Waals surface area (Å²) in [5, 5.41) is 9.33. The standard InChI is InChI=1S/C21H21N3O3/c1-14(27-17-6-4-16(25)5-7-17)21(26)24-11-8-15(9-12-24)18-13-23-19-3-2-10-22-20(18)19/h2-8,10,13-14,23,25H,9,11-12H2,1H3. The predicted octanol–water partition coefficient (Wildman–Crippen LogP) is 3.35. The molecule has 27 heavy (non-hydrogen) atoms. The average Bonchev–Trinajstić information content (AvgIpc) is 3.13. The molecule has 0 radical (unpaired) electrons. The van der Waals surface area contributed by atoms with E-state index in [0.29, 0.717) is 18.8 Å². The number of carbonyl (C=O) groups is 1. The van der Waals surface area contributed by atoms with Gasteiger partial charge in [-0.25, -0.2) is 0 Å². The minimum absolute atomic E-state index is 0.0459. The third-order valence-corrected chi connectivity index (χ3v) is 4.80. The van der Waals surface area contributed by atoms with Gasteiger partial charge in [0.25, 0.3) is 5.91 Å². The van der Waals surface area contributed by atoms with Crippen molar-refractivity contribution in [3.8, 4) is 11.5 Å². The number of aromatic nitrogens is 2. The van der Waals surface area contributed by atoms with Crippen LogP contribution in [0.4, 0.5) is 0 Å². The molecule has 6 nitrogen and oxygen atoms in total. The molecule has 0 aliphatic carbocycles. The van der Waals surface area contributed by atoms with Crippen LogP contribution in [0.15, 0.2) is 54.9 Å². The highest BCUT2D eigenvalue weighted by Gasteiger charge is 2.24. The lowest BCUT2D eigenvalue weighted by atomic mass is 10.0. The first-order valence-corrected chi connectivity index (χ1v) is 8.98. The smallest absolute Gasteiger partial charge is 0.263 e. The highest BCUT2D eigenvalue weighted by atomic mass is 16.5. The zero-order valence-corrected chi connectivity index (χ0v) is 15.1. The number of hydrogen-bond donors (Lipinski definition) is 2. The molecule has 0 fully saturated rings. The number of phenolic OH excluding ortho intramolecular Hbond substituents is 1. The number of amides is 1. The highest BCUT2D eigenvalue weighted by molar-refractivity contribution is 5.90. The Morgan fingerprint density at radius 1 is 1.30 bits per heavy atom. The molecule has 0 saturated carbocycles. The Hall–Kier alpha value is -3.28. The zero-order valence-electron chi connectivity index (χ0n) is 15.1. The molecular weight excluding hydrogens is 342 g/mol. The molecule has 3 heterocycles. The van der Waals surface area contributed by atoms with Crippen molar-refractivity contribution in [1.29, 1.82) is 0 Å². The van der Waals surface area contributed by atoms with Crippen LogP contribution in [-0.2, 0) is 4.79 Å². The number of benzene rings is 1. The van der Waals surface area contributed by atoms with Crippen molar-refractivity contribution in [3.05, 3.63) is 60.4 Å². The van der Waals surface area contributed by atoms with Crippen LogP contribution in [0.1, 0.15) is 18.9 Å². The Morgan fingerprint density at radius 3 is 2.85 bits per heavy atom. The first-order valence-electron chi connectivity index (χ1n) is 8.98. The summed E-state index contributed by atoms with van der Waals surface area (Å²) in [4.78, 5) is 22.2. The van der Waals surface area contributed by atoms with Gasteiger partial charge in [-0.05, 0) is 55.3 Å². The fourth-order valence-electron chi connectivity index (χ4n) is 3.35. The number of hydrogen-bond acceptors (Lipinski definition) is 4. The van der Waals surface area contributed by atoms with Crippen LogP contribution in [0.2, 0.25) is 0 Å². The molecule has 0 spiro atoms. The van der Waals surface area contributed by atoms with E-state index >= 15 is 0 Å². The van der Waals surface area contributed by atoms with Crippen molar-refractivity contribution in [2.45, 2.75) is 19.4 Å². The molecule has 0 bridgehead atoms. The number of aromatic amines is 1. The molecule has 1 aromatic carbocycles. The van der Waals surface area contributed by atoms with Crippen LogP contribution in [0.25, 0.3) is 16.6 Å². The Balaban J connectivity index is 1.43. The molecule has 1 aliphatic rings. The number of aromatic hydroxyl groups is 1. The van der Waals surface area contributed by atoms with E-state index in [9.17, 15) is 9.90 Å². The molecule has 2 aromatic heterocycles. The van der Waals surface area contributed by atoms with Gasteiger partial charge in [0.15, 0.2) is 6.10 Å². The van der Waals surface area contributed by atoms with E-state index in [1.165, 1.54) is 17.7 Å². The summed E-state index contributed by atoms with van der Waals surface area (Å²) in [5.74, 6) is 0.684. The van der Waals surface area contributed by atoms with Gasteiger partial charge in [0, 0.05) is 31.0 Å². The fourth-order valence-corrected chi connectivity index (χ4v) is 3.35. The lowest BCUT2D eigenvalue weighted by Gasteiger charge is -2.29. The van der Waals surface area contributed by atoms with E-state index in [1.54, 1.807) is 30.2 Å². The molecular formula is C21H21N3O3. The molecule has 1 aliphatic heterocycles. The van der Waals surface area contributed by atoms with Crippen molar-refractivity contribution in [3.63, 3.8) is 0 Å². The maximum atomic E-state index is 12.7. The number of fused-ring (bicyclic) bond motifs is 1. The molecule has 2 N–H and O–H groups in total. The van der Waals surface area contributed by atoms with Gasteiger partial charge in [0.2, 0.25) is 0 Å². The van der Waals surface area contributed by atoms with Crippen molar-refractivity contribution in [1.82, 2.24) is 14.9 Å². The van der Waals surface area contributed by atoms with Gasteiger partial charge in [-0.1, -0.05) is 6.08 Å². The number of nitrogens with one attached hydrogen (secondary N) is 1. The lowest BCUT2D eigenvalue weighted by Crippen LogP contribution is -2.42. The van der Waals surface area contributed by atoms with Crippen LogP contribution in [0.5, 0.6) is 11.5 Å². The van der Waals surface area contributed by atoms with Crippen molar-refractivity contribution in [2.75, 3.05) is 13.1 Å². The van der Waals surface area contributed by atoms with Gasteiger partial charge >= 0.3 is 0 Å². The highest BCUT2D eigenvalue weighted by Crippen LogP contribution is 2.28. The summed E-state index contributed by atoms with van der Waals surface area (Å²) in [5.41, 5.74) is 4.29. The molecule has 3 aromatic rings. The first-order chi connectivity index (χ1) is 13.1. The largest absolute Gasteiger partial charge is 0.508 e.